The number of benzene rings is 2. The van der Waals surface area contributed by atoms with Crippen molar-refractivity contribution >= 4 is 38.4 Å². The van der Waals surface area contributed by atoms with Crippen LogP contribution in [0.5, 0.6) is 5.75 Å². The molecule has 0 fully saturated rings. The SMILES string of the molecule is COc1ccccc1NC(=O)Nc1nc2c(C)ccc(C)c2s1. The van der Waals surface area contributed by atoms with Crippen molar-refractivity contribution in [2.45, 2.75) is 13.8 Å². The van der Waals surface area contributed by atoms with Crippen molar-refractivity contribution in [2.75, 3.05) is 17.7 Å². The van der Waals surface area contributed by atoms with Gasteiger partial charge in [-0.15, -0.1) is 0 Å². The number of hydrogen-bond acceptors (Lipinski definition) is 4. The number of amides is 2. The molecule has 0 saturated heterocycles. The van der Waals surface area contributed by atoms with E-state index in [-0.39, 0.29) is 6.03 Å². The predicted octanol–water partition coefficient (Wildman–Crippen LogP) is 4.57. The van der Waals surface area contributed by atoms with E-state index in [0.717, 1.165) is 21.3 Å². The summed E-state index contributed by atoms with van der Waals surface area (Å²) in [6, 6.07) is 11.0. The molecule has 23 heavy (non-hydrogen) atoms. The minimum absolute atomic E-state index is 0.344. The van der Waals surface area contributed by atoms with Crippen LogP contribution in [0.1, 0.15) is 11.1 Å². The monoisotopic (exact) mass is 327 g/mol. The van der Waals surface area contributed by atoms with Crippen LogP contribution >= 0.6 is 11.3 Å². The molecule has 0 aliphatic carbocycles. The minimum atomic E-state index is -0.344. The van der Waals surface area contributed by atoms with Crippen LogP contribution in [0.15, 0.2) is 36.4 Å². The first-order valence-electron chi connectivity index (χ1n) is 7.16. The highest BCUT2D eigenvalue weighted by atomic mass is 32.1. The first kappa shape index (κ1) is 15.3. The number of anilines is 2. The van der Waals surface area contributed by atoms with Gasteiger partial charge in [-0.25, -0.2) is 9.78 Å². The number of hydrogen-bond donors (Lipinski definition) is 2. The molecule has 5 nitrogen and oxygen atoms in total. The number of aryl methyl sites for hydroxylation is 2. The maximum atomic E-state index is 12.2. The number of nitrogens with one attached hydrogen (secondary N) is 2. The fourth-order valence-corrected chi connectivity index (χ4v) is 3.32. The molecule has 2 N–H and O–H groups in total. The maximum Gasteiger partial charge on any atom is 0.325 e. The number of thiazole rings is 1. The largest absolute Gasteiger partial charge is 0.495 e. The van der Waals surface area contributed by atoms with Crippen LogP contribution in [0.3, 0.4) is 0 Å². The zero-order valence-electron chi connectivity index (χ0n) is 13.1. The number of ether oxygens (including phenoxy) is 1. The van der Waals surface area contributed by atoms with E-state index >= 15 is 0 Å². The van der Waals surface area contributed by atoms with Gasteiger partial charge in [-0.05, 0) is 37.1 Å². The van der Waals surface area contributed by atoms with Crippen LogP contribution in [-0.4, -0.2) is 18.1 Å². The highest BCUT2D eigenvalue weighted by molar-refractivity contribution is 7.22. The predicted molar refractivity (Wildman–Crippen MR) is 94.7 cm³/mol. The van der Waals surface area contributed by atoms with Gasteiger partial charge in [0.2, 0.25) is 0 Å². The lowest BCUT2D eigenvalue weighted by Gasteiger charge is -2.09. The number of carbonyl (C=O) groups is 1. The van der Waals surface area contributed by atoms with E-state index in [1.54, 1.807) is 19.2 Å². The molecule has 0 spiro atoms. The highest BCUT2D eigenvalue weighted by Crippen LogP contribution is 2.31. The number of methoxy groups -OCH3 is 1. The van der Waals surface area contributed by atoms with E-state index in [4.69, 9.17) is 4.74 Å². The van der Waals surface area contributed by atoms with Gasteiger partial charge < -0.3 is 10.1 Å². The quantitative estimate of drug-likeness (QED) is 0.741. The number of nitrogens with zero attached hydrogens (tertiary/aromatic N) is 1. The second kappa shape index (κ2) is 6.26. The minimum Gasteiger partial charge on any atom is -0.495 e. The van der Waals surface area contributed by atoms with Crippen LogP contribution in [0.2, 0.25) is 0 Å². The van der Waals surface area contributed by atoms with E-state index in [0.29, 0.717) is 16.6 Å². The van der Waals surface area contributed by atoms with Gasteiger partial charge in [0.1, 0.15) is 5.75 Å². The van der Waals surface area contributed by atoms with Crippen LogP contribution in [0.25, 0.3) is 10.2 Å². The third-order valence-corrected chi connectivity index (χ3v) is 4.62. The Labute approximate surface area is 138 Å². The van der Waals surface area contributed by atoms with E-state index in [2.05, 4.69) is 21.7 Å². The summed E-state index contributed by atoms with van der Waals surface area (Å²) >= 11 is 1.47. The molecule has 3 rings (SSSR count). The Morgan fingerprint density at radius 1 is 1.09 bits per heavy atom. The number of urea groups is 1. The molecular formula is C17H17N3O2S. The van der Waals surface area contributed by atoms with Gasteiger partial charge >= 0.3 is 6.03 Å². The van der Waals surface area contributed by atoms with Crippen molar-refractivity contribution in [3.63, 3.8) is 0 Å². The third kappa shape index (κ3) is 3.12. The van der Waals surface area contributed by atoms with Crippen molar-refractivity contribution in [3.05, 3.63) is 47.5 Å². The van der Waals surface area contributed by atoms with Gasteiger partial charge in [-0.1, -0.05) is 35.6 Å². The topological polar surface area (TPSA) is 63.2 Å². The Bertz CT molecular complexity index is 834. The Hall–Kier alpha value is -2.60. The highest BCUT2D eigenvalue weighted by Gasteiger charge is 2.12. The molecule has 3 aromatic rings. The molecule has 2 aromatic carbocycles. The molecular weight excluding hydrogens is 310 g/mol. The summed E-state index contributed by atoms with van der Waals surface area (Å²) in [5.41, 5.74) is 3.80. The van der Waals surface area contributed by atoms with Gasteiger partial charge in [0.25, 0.3) is 0 Å². The molecule has 1 heterocycles. The number of rotatable bonds is 3. The van der Waals surface area contributed by atoms with E-state index in [1.165, 1.54) is 11.3 Å². The molecule has 0 aliphatic rings. The summed E-state index contributed by atoms with van der Waals surface area (Å²) in [5, 5.41) is 6.14. The molecule has 118 valence electrons. The van der Waals surface area contributed by atoms with Gasteiger partial charge in [-0.3, -0.25) is 5.32 Å². The fourth-order valence-electron chi connectivity index (χ4n) is 2.31. The lowest BCUT2D eigenvalue weighted by molar-refractivity contribution is 0.262. The standard InChI is InChI=1S/C17H17N3O2S/c1-10-8-9-11(2)15-14(10)19-17(23-15)20-16(21)18-12-6-4-5-7-13(12)22-3/h4-9H,1-3H3,(H2,18,19,20,21). The Kier molecular flexibility index (Phi) is 4.16. The second-order valence-electron chi connectivity index (χ2n) is 5.18. The summed E-state index contributed by atoms with van der Waals surface area (Å²) in [5.74, 6) is 0.610. The zero-order valence-corrected chi connectivity index (χ0v) is 14.0. The van der Waals surface area contributed by atoms with Gasteiger partial charge in [-0.2, -0.15) is 0 Å². The molecule has 0 saturated carbocycles. The molecule has 0 unspecified atom stereocenters. The molecule has 0 radical (unpaired) electrons. The third-order valence-electron chi connectivity index (χ3n) is 3.52. The fraction of sp³-hybridized carbons (Fsp3) is 0.176. The van der Waals surface area contributed by atoms with Crippen molar-refractivity contribution in [2.24, 2.45) is 0 Å². The molecule has 2 amide bonds. The zero-order chi connectivity index (χ0) is 16.4. The summed E-state index contributed by atoms with van der Waals surface area (Å²) in [6.07, 6.45) is 0. The van der Waals surface area contributed by atoms with E-state index < -0.39 is 0 Å². The first-order chi connectivity index (χ1) is 11.1. The lowest BCUT2D eigenvalue weighted by atomic mass is 10.1. The summed E-state index contributed by atoms with van der Waals surface area (Å²) in [7, 11) is 1.57. The Balaban J connectivity index is 1.80. The average Bonchev–Trinajstić information content (AvgIpc) is 2.96. The Morgan fingerprint density at radius 2 is 1.83 bits per heavy atom. The summed E-state index contributed by atoms with van der Waals surface area (Å²) < 4.78 is 6.32. The molecule has 6 heteroatoms. The Morgan fingerprint density at radius 3 is 2.57 bits per heavy atom. The van der Waals surface area contributed by atoms with Crippen molar-refractivity contribution < 1.29 is 9.53 Å². The number of carbonyl (C=O) groups excluding carboxylic acids is 1. The van der Waals surface area contributed by atoms with Gasteiger partial charge in [0.05, 0.1) is 23.0 Å². The van der Waals surface area contributed by atoms with Crippen LogP contribution in [0.4, 0.5) is 15.6 Å². The summed E-state index contributed by atoms with van der Waals surface area (Å²) in [4.78, 5) is 16.7. The van der Waals surface area contributed by atoms with E-state index in [1.807, 2.05) is 32.0 Å². The smallest absolute Gasteiger partial charge is 0.325 e. The molecule has 0 atom stereocenters. The second-order valence-corrected chi connectivity index (χ2v) is 6.17. The maximum absolute atomic E-state index is 12.2. The van der Waals surface area contributed by atoms with Crippen LogP contribution in [-0.2, 0) is 0 Å². The lowest BCUT2D eigenvalue weighted by Crippen LogP contribution is -2.19. The van der Waals surface area contributed by atoms with Gasteiger partial charge in [0.15, 0.2) is 5.13 Å². The van der Waals surface area contributed by atoms with Gasteiger partial charge in [0, 0.05) is 0 Å². The van der Waals surface area contributed by atoms with Crippen molar-refractivity contribution in [1.29, 1.82) is 0 Å². The molecule has 0 aliphatic heterocycles. The van der Waals surface area contributed by atoms with Crippen LogP contribution < -0.4 is 15.4 Å². The number of fused-ring (bicyclic) bond motifs is 1. The van der Waals surface area contributed by atoms with Crippen molar-refractivity contribution in [1.82, 2.24) is 4.98 Å². The van der Waals surface area contributed by atoms with E-state index in [9.17, 15) is 4.79 Å². The normalized spacial score (nSPS) is 10.6. The van der Waals surface area contributed by atoms with Crippen molar-refractivity contribution in [3.8, 4) is 5.75 Å². The molecule has 1 aromatic heterocycles. The molecule has 0 bridgehead atoms. The van der Waals surface area contributed by atoms with Crippen LogP contribution in [0, 0.1) is 13.8 Å². The summed E-state index contributed by atoms with van der Waals surface area (Å²) in [6.45, 7) is 4.05. The number of aromatic nitrogens is 1. The average molecular weight is 327 g/mol. The number of para-hydroxylation sites is 2. The first-order valence-corrected chi connectivity index (χ1v) is 7.98.